The summed E-state index contributed by atoms with van der Waals surface area (Å²) in [6, 6.07) is 10.7. The van der Waals surface area contributed by atoms with Gasteiger partial charge >= 0.3 is 0 Å². The Kier molecular flexibility index (Phi) is 2.93. The van der Waals surface area contributed by atoms with Gasteiger partial charge < -0.3 is 9.52 Å². The zero-order chi connectivity index (χ0) is 12.5. The Balaban J connectivity index is 1.96. The van der Waals surface area contributed by atoms with Crippen molar-refractivity contribution in [1.82, 2.24) is 4.98 Å². The molecule has 0 amide bonds. The van der Waals surface area contributed by atoms with Crippen LogP contribution in [0, 0.1) is 0 Å². The molecule has 2 heterocycles. The minimum atomic E-state index is 0.255. The predicted molar refractivity (Wildman–Crippen MR) is 74.6 cm³/mol. The monoisotopic (exact) mass is 321 g/mol. The first-order valence-electron chi connectivity index (χ1n) is 5.23. The lowest BCUT2D eigenvalue weighted by Gasteiger charge is -1.95. The van der Waals surface area contributed by atoms with E-state index in [1.807, 2.05) is 29.6 Å². The molecular weight excluding hydrogens is 314 g/mol. The van der Waals surface area contributed by atoms with Crippen molar-refractivity contribution in [1.29, 1.82) is 0 Å². The van der Waals surface area contributed by atoms with Crippen molar-refractivity contribution in [2.75, 3.05) is 0 Å². The molecule has 0 aliphatic rings. The second-order valence-electron chi connectivity index (χ2n) is 3.69. The average molecular weight is 322 g/mol. The molecule has 0 spiro atoms. The highest BCUT2D eigenvalue weighted by Gasteiger charge is 2.09. The number of nitrogens with zero attached hydrogens (tertiary/aromatic N) is 1. The summed E-state index contributed by atoms with van der Waals surface area (Å²) in [6.45, 7) is 0. The van der Waals surface area contributed by atoms with Crippen molar-refractivity contribution in [3.05, 3.63) is 46.4 Å². The van der Waals surface area contributed by atoms with E-state index in [4.69, 9.17) is 4.42 Å². The van der Waals surface area contributed by atoms with E-state index in [9.17, 15) is 5.11 Å². The number of hydrogen-bond donors (Lipinski definition) is 1. The Morgan fingerprint density at radius 1 is 1.11 bits per heavy atom. The average Bonchev–Trinajstić information content (AvgIpc) is 2.98. The SMILES string of the molecule is Oc1ccc(-c2nc(-c3ccc(Br)o3)cs2)cc1. The third kappa shape index (κ3) is 2.19. The first-order valence-corrected chi connectivity index (χ1v) is 6.90. The zero-order valence-electron chi connectivity index (χ0n) is 9.13. The van der Waals surface area contributed by atoms with E-state index in [0.29, 0.717) is 4.67 Å². The molecule has 0 saturated carbocycles. The fourth-order valence-corrected chi connectivity index (χ4v) is 2.70. The predicted octanol–water partition coefficient (Wildman–Crippen LogP) is 4.54. The number of halogens is 1. The van der Waals surface area contributed by atoms with Crippen molar-refractivity contribution in [3.8, 4) is 27.8 Å². The zero-order valence-corrected chi connectivity index (χ0v) is 11.5. The second kappa shape index (κ2) is 4.59. The summed E-state index contributed by atoms with van der Waals surface area (Å²) in [6.07, 6.45) is 0. The summed E-state index contributed by atoms with van der Waals surface area (Å²) in [5, 5.41) is 12.1. The van der Waals surface area contributed by atoms with Gasteiger partial charge in [0.2, 0.25) is 0 Å². The molecule has 1 aromatic carbocycles. The Bertz CT molecular complexity index is 672. The van der Waals surface area contributed by atoms with E-state index in [1.54, 1.807) is 23.5 Å². The number of hydrogen-bond acceptors (Lipinski definition) is 4. The van der Waals surface area contributed by atoms with Crippen molar-refractivity contribution in [2.24, 2.45) is 0 Å². The third-order valence-corrected chi connectivity index (χ3v) is 3.76. The minimum absolute atomic E-state index is 0.255. The fraction of sp³-hybridized carbons (Fsp3) is 0. The lowest BCUT2D eigenvalue weighted by Crippen LogP contribution is -1.77. The molecular formula is C13H8BrNO2S. The molecule has 18 heavy (non-hydrogen) atoms. The number of aromatic nitrogens is 1. The van der Waals surface area contributed by atoms with Gasteiger partial charge in [0.25, 0.3) is 0 Å². The lowest BCUT2D eigenvalue weighted by atomic mass is 10.2. The Hall–Kier alpha value is -1.59. The molecule has 0 unspecified atom stereocenters. The van der Waals surface area contributed by atoms with Crippen LogP contribution in [-0.4, -0.2) is 10.1 Å². The van der Waals surface area contributed by atoms with Crippen LogP contribution in [0.15, 0.2) is 50.9 Å². The first kappa shape index (κ1) is 11.5. The summed E-state index contributed by atoms with van der Waals surface area (Å²) >= 11 is 4.81. The summed E-state index contributed by atoms with van der Waals surface area (Å²) in [7, 11) is 0. The van der Waals surface area contributed by atoms with Crippen LogP contribution in [-0.2, 0) is 0 Å². The summed E-state index contributed by atoms with van der Waals surface area (Å²) in [4.78, 5) is 4.52. The highest BCUT2D eigenvalue weighted by atomic mass is 79.9. The van der Waals surface area contributed by atoms with Gasteiger partial charge in [-0.05, 0) is 52.3 Å². The van der Waals surface area contributed by atoms with Crippen LogP contribution in [0.2, 0.25) is 0 Å². The van der Waals surface area contributed by atoms with Gasteiger partial charge in [-0.15, -0.1) is 11.3 Å². The lowest BCUT2D eigenvalue weighted by molar-refractivity contribution is 0.475. The van der Waals surface area contributed by atoms with E-state index in [1.165, 1.54) is 0 Å². The van der Waals surface area contributed by atoms with Crippen molar-refractivity contribution in [2.45, 2.75) is 0 Å². The normalized spacial score (nSPS) is 10.7. The maximum Gasteiger partial charge on any atom is 0.169 e. The van der Waals surface area contributed by atoms with Crippen molar-refractivity contribution < 1.29 is 9.52 Å². The van der Waals surface area contributed by atoms with Crippen LogP contribution in [0.4, 0.5) is 0 Å². The highest BCUT2D eigenvalue weighted by molar-refractivity contribution is 9.10. The smallest absolute Gasteiger partial charge is 0.169 e. The van der Waals surface area contributed by atoms with E-state index in [-0.39, 0.29) is 5.75 Å². The fourth-order valence-electron chi connectivity index (χ4n) is 1.58. The van der Waals surface area contributed by atoms with E-state index >= 15 is 0 Å². The molecule has 0 fully saturated rings. The number of phenols is 1. The van der Waals surface area contributed by atoms with Gasteiger partial charge in [0, 0.05) is 10.9 Å². The van der Waals surface area contributed by atoms with Gasteiger partial charge in [-0.1, -0.05) is 0 Å². The van der Waals surface area contributed by atoms with Gasteiger partial charge in [-0.25, -0.2) is 4.98 Å². The summed E-state index contributed by atoms with van der Waals surface area (Å²) < 4.78 is 6.15. The van der Waals surface area contributed by atoms with Crippen LogP contribution in [0.5, 0.6) is 5.75 Å². The molecule has 0 radical (unpaired) electrons. The number of aromatic hydroxyl groups is 1. The van der Waals surface area contributed by atoms with Crippen LogP contribution in [0.3, 0.4) is 0 Å². The Morgan fingerprint density at radius 2 is 1.89 bits per heavy atom. The maximum atomic E-state index is 9.25. The molecule has 3 rings (SSSR count). The molecule has 90 valence electrons. The van der Waals surface area contributed by atoms with Crippen LogP contribution >= 0.6 is 27.3 Å². The number of furan rings is 1. The van der Waals surface area contributed by atoms with Crippen LogP contribution in [0.25, 0.3) is 22.0 Å². The molecule has 2 aromatic heterocycles. The van der Waals surface area contributed by atoms with Gasteiger partial charge in [0.05, 0.1) is 0 Å². The molecule has 0 aliphatic carbocycles. The van der Waals surface area contributed by atoms with Crippen LogP contribution < -0.4 is 0 Å². The quantitative estimate of drug-likeness (QED) is 0.753. The van der Waals surface area contributed by atoms with Gasteiger partial charge in [0.15, 0.2) is 10.4 Å². The molecule has 1 N–H and O–H groups in total. The van der Waals surface area contributed by atoms with Gasteiger partial charge in [-0.2, -0.15) is 0 Å². The van der Waals surface area contributed by atoms with Crippen molar-refractivity contribution in [3.63, 3.8) is 0 Å². The Morgan fingerprint density at radius 3 is 2.56 bits per heavy atom. The van der Waals surface area contributed by atoms with Crippen LogP contribution in [0.1, 0.15) is 0 Å². The van der Waals surface area contributed by atoms with E-state index in [2.05, 4.69) is 20.9 Å². The van der Waals surface area contributed by atoms with Crippen molar-refractivity contribution >= 4 is 27.3 Å². The highest BCUT2D eigenvalue weighted by Crippen LogP contribution is 2.31. The maximum absolute atomic E-state index is 9.25. The molecule has 0 aliphatic heterocycles. The van der Waals surface area contributed by atoms with E-state index in [0.717, 1.165) is 22.0 Å². The number of thiazole rings is 1. The molecule has 5 heteroatoms. The molecule has 0 bridgehead atoms. The largest absolute Gasteiger partial charge is 0.508 e. The molecule has 3 aromatic rings. The number of benzene rings is 1. The molecule has 0 atom stereocenters. The second-order valence-corrected chi connectivity index (χ2v) is 5.33. The topological polar surface area (TPSA) is 46.3 Å². The summed E-state index contributed by atoms with van der Waals surface area (Å²) in [5.41, 5.74) is 1.79. The molecule has 0 saturated heterocycles. The third-order valence-electron chi connectivity index (χ3n) is 2.44. The van der Waals surface area contributed by atoms with Gasteiger partial charge in [-0.3, -0.25) is 0 Å². The van der Waals surface area contributed by atoms with E-state index < -0.39 is 0 Å². The first-order chi connectivity index (χ1) is 8.72. The number of rotatable bonds is 2. The minimum Gasteiger partial charge on any atom is -0.508 e. The van der Waals surface area contributed by atoms with Gasteiger partial charge in [0.1, 0.15) is 16.5 Å². The Labute approximate surface area is 116 Å². The number of phenolic OH excluding ortho intramolecular Hbond substituents is 1. The summed E-state index contributed by atoms with van der Waals surface area (Å²) in [5.74, 6) is 0.994. The standard InChI is InChI=1S/C13H8BrNO2S/c14-12-6-5-11(17-12)10-7-18-13(15-10)8-1-3-9(16)4-2-8/h1-7,16H. The molecule has 3 nitrogen and oxygen atoms in total.